The average molecular weight is 417 g/mol. The Morgan fingerprint density at radius 1 is 1.06 bits per heavy atom. The molecule has 0 aliphatic carbocycles. The molecule has 0 atom stereocenters. The fourth-order valence-electron chi connectivity index (χ4n) is 3.47. The summed E-state index contributed by atoms with van der Waals surface area (Å²) in [5.74, 6) is 0.206. The summed E-state index contributed by atoms with van der Waals surface area (Å²) in [5, 5.41) is 19.8. The van der Waals surface area contributed by atoms with E-state index >= 15 is 0 Å². The van der Waals surface area contributed by atoms with Crippen LogP contribution in [0.3, 0.4) is 0 Å². The van der Waals surface area contributed by atoms with E-state index in [0.717, 1.165) is 24.8 Å². The van der Waals surface area contributed by atoms with Gasteiger partial charge in [0, 0.05) is 30.2 Å². The van der Waals surface area contributed by atoms with Crippen LogP contribution >= 0.6 is 0 Å². The Morgan fingerprint density at radius 3 is 2.61 bits per heavy atom. The molecule has 4 rings (SSSR count). The number of aryl methyl sites for hydroxylation is 2. The highest BCUT2D eigenvalue weighted by atomic mass is 16.2. The molecular weight excluding hydrogens is 394 g/mol. The molecule has 0 bridgehead atoms. The Bertz CT molecular complexity index is 1290. The summed E-state index contributed by atoms with van der Waals surface area (Å²) in [6.07, 6.45) is 2.86. The lowest BCUT2D eigenvalue weighted by molar-refractivity contribution is 0.102. The number of aromatic nitrogens is 6. The van der Waals surface area contributed by atoms with Gasteiger partial charge < -0.3 is 5.32 Å². The molecule has 9 nitrogen and oxygen atoms in total. The van der Waals surface area contributed by atoms with Crippen LogP contribution in [-0.4, -0.2) is 35.9 Å². The van der Waals surface area contributed by atoms with Crippen molar-refractivity contribution >= 4 is 22.4 Å². The summed E-state index contributed by atoms with van der Waals surface area (Å²) in [6, 6.07) is 14.3. The normalized spacial score (nSPS) is 11.0. The highest BCUT2D eigenvalue weighted by molar-refractivity contribution is 6.11. The largest absolute Gasteiger partial charge is 0.321 e. The number of nitrogens with zero attached hydrogens (tertiary/aromatic N) is 6. The summed E-state index contributed by atoms with van der Waals surface area (Å²) < 4.78 is 2.96. The van der Waals surface area contributed by atoms with Crippen LogP contribution < -0.4 is 10.9 Å². The van der Waals surface area contributed by atoms with E-state index in [1.807, 2.05) is 12.1 Å². The number of fused-ring (bicyclic) bond motifs is 1. The van der Waals surface area contributed by atoms with Gasteiger partial charge in [-0.1, -0.05) is 50.1 Å². The van der Waals surface area contributed by atoms with Crippen molar-refractivity contribution < 1.29 is 4.79 Å². The molecule has 0 aliphatic heterocycles. The molecule has 1 N–H and O–H groups in total. The van der Waals surface area contributed by atoms with Crippen molar-refractivity contribution in [2.45, 2.75) is 32.7 Å². The standard InChI is InChI=1S/C22H23N7O2/c1-3-4-7-13-29-22(31)18-12-6-5-11-17(18)19(25-29)21(30)23-16-10-8-9-15(14-16)20-24-26-27-28(20)2/h5-6,8-12,14H,3-4,7,13H2,1-2H3,(H,23,30). The number of hydrogen-bond donors (Lipinski definition) is 1. The zero-order chi connectivity index (χ0) is 21.8. The highest BCUT2D eigenvalue weighted by Gasteiger charge is 2.17. The molecule has 0 spiro atoms. The zero-order valence-electron chi connectivity index (χ0n) is 17.4. The van der Waals surface area contributed by atoms with Crippen molar-refractivity contribution in [2.75, 3.05) is 5.32 Å². The number of rotatable bonds is 7. The minimum Gasteiger partial charge on any atom is -0.321 e. The zero-order valence-corrected chi connectivity index (χ0v) is 17.4. The monoisotopic (exact) mass is 417 g/mol. The molecule has 31 heavy (non-hydrogen) atoms. The maximum Gasteiger partial charge on any atom is 0.276 e. The predicted octanol–water partition coefficient (Wildman–Crippen LogP) is 3.03. The van der Waals surface area contributed by atoms with Gasteiger partial charge in [0.15, 0.2) is 11.5 Å². The second-order valence-corrected chi connectivity index (χ2v) is 7.29. The molecule has 0 fully saturated rings. The van der Waals surface area contributed by atoms with Crippen molar-refractivity contribution in [3.8, 4) is 11.4 Å². The SMILES string of the molecule is CCCCCn1nc(C(=O)Nc2cccc(-c3nnnn3C)c2)c2ccccc2c1=O. The lowest BCUT2D eigenvalue weighted by Crippen LogP contribution is -2.27. The number of hydrogen-bond acceptors (Lipinski definition) is 6. The minimum absolute atomic E-state index is 0.181. The van der Waals surface area contributed by atoms with Crippen molar-refractivity contribution in [1.82, 2.24) is 30.0 Å². The molecule has 0 unspecified atom stereocenters. The van der Waals surface area contributed by atoms with Crippen LogP contribution in [0.5, 0.6) is 0 Å². The smallest absolute Gasteiger partial charge is 0.276 e. The van der Waals surface area contributed by atoms with Crippen LogP contribution in [0, 0.1) is 0 Å². The number of amides is 1. The second-order valence-electron chi connectivity index (χ2n) is 7.29. The predicted molar refractivity (Wildman–Crippen MR) is 118 cm³/mol. The first-order valence-electron chi connectivity index (χ1n) is 10.2. The molecule has 0 saturated heterocycles. The van der Waals surface area contributed by atoms with E-state index in [1.54, 1.807) is 48.1 Å². The van der Waals surface area contributed by atoms with Gasteiger partial charge in [0.05, 0.1) is 5.39 Å². The van der Waals surface area contributed by atoms with Gasteiger partial charge in [-0.15, -0.1) is 5.10 Å². The number of nitrogens with one attached hydrogen (secondary N) is 1. The van der Waals surface area contributed by atoms with E-state index in [-0.39, 0.29) is 17.2 Å². The van der Waals surface area contributed by atoms with E-state index in [2.05, 4.69) is 32.9 Å². The highest BCUT2D eigenvalue weighted by Crippen LogP contribution is 2.21. The topological polar surface area (TPSA) is 108 Å². The maximum atomic E-state index is 13.2. The Balaban J connectivity index is 1.68. The number of unbranched alkanes of at least 4 members (excludes halogenated alkanes) is 2. The van der Waals surface area contributed by atoms with Gasteiger partial charge in [0.2, 0.25) is 0 Å². The first-order chi connectivity index (χ1) is 15.1. The molecule has 2 aromatic carbocycles. The van der Waals surface area contributed by atoms with Crippen LogP contribution in [0.2, 0.25) is 0 Å². The van der Waals surface area contributed by atoms with E-state index < -0.39 is 0 Å². The number of carbonyl (C=O) groups excluding carboxylic acids is 1. The molecule has 2 heterocycles. The van der Waals surface area contributed by atoms with Gasteiger partial charge in [-0.3, -0.25) is 9.59 Å². The first kappa shape index (κ1) is 20.4. The van der Waals surface area contributed by atoms with Gasteiger partial charge in [-0.2, -0.15) is 5.10 Å². The molecule has 0 saturated carbocycles. The molecule has 1 amide bonds. The average Bonchev–Trinajstić information content (AvgIpc) is 3.21. The number of anilines is 1. The van der Waals surface area contributed by atoms with Crippen LogP contribution in [0.4, 0.5) is 5.69 Å². The van der Waals surface area contributed by atoms with E-state index in [4.69, 9.17) is 0 Å². The van der Waals surface area contributed by atoms with E-state index in [0.29, 0.717) is 28.8 Å². The fourth-order valence-corrected chi connectivity index (χ4v) is 3.47. The second kappa shape index (κ2) is 8.86. The van der Waals surface area contributed by atoms with Crippen LogP contribution in [-0.2, 0) is 13.6 Å². The number of carbonyl (C=O) groups is 1. The number of benzene rings is 2. The Labute approximate surface area is 178 Å². The van der Waals surface area contributed by atoms with Crippen molar-refractivity contribution in [3.63, 3.8) is 0 Å². The summed E-state index contributed by atoms with van der Waals surface area (Å²) in [7, 11) is 1.75. The minimum atomic E-state index is -0.381. The van der Waals surface area contributed by atoms with Crippen molar-refractivity contribution in [3.05, 3.63) is 64.6 Å². The third-order valence-corrected chi connectivity index (χ3v) is 5.06. The summed E-state index contributed by atoms with van der Waals surface area (Å²) in [5.41, 5.74) is 1.39. The third-order valence-electron chi connectivity index (χ3n) is 5.06. The van der Waals surface area contributed by atoms with Crippen molar-refractivity contribution in [1.29, 1.82) is 0 Å². The van der Waals surface area contributed by atoms with Crippen LogP contribution in [0.25, 0.3) is 22.2 Å². The summed E-state index contributed by atoms with van der Waals surface area (Å²) in [4.78, 5) is 26.0. The van der Waals surface area contributed by atoms with Crippen molar-refractivity contribution in [2.24, 2.45) is 7.05 Å². The fraction of sp³-hybridized carbons (Fsp3) is 0.273. The Kier molecular flexibility index (Phi) is 5.83. The maximum absolute atomic E-state index is 13.2. The van der Waals surface area contributed by atoms with Crippen LogP contribution in [0.1, 0.15) is 36.7 Å². The molecule has 4 aromatic rings. The molecule has 2 aromatic heterocycles. The molecule has 0 radical (unpaired) electrons. The van der Waals surface area contributed by atoms with Gasteiger partial charge in [-0.05, 0) is 35.0 Å². The van der Waals surface area contributed by atoms with Gasteiger partial charge >= 0.3 is 0 Å². The molecule has 158 valence electrons. The summed E-state index contributed by atoms with van der Waals surface area (Å²) >= 11 is 0. The molecule has 0 aliphatic rings. The lowest BCUT2D eigenvalue weighted by Gasteiger charge is -2.12. The Morgan fingerprint density at radius 2 is 1.87 bits per heavy atom. The Hall–Kier alpha value is -3.88. The number of tetrazole rings is 1. The van der Waals surface area contributed by atoms with Gasteiger partial charge in [0.25, 0.3) is 11.5 Å². The van der Waals surface area contributed by atoms with Crippen LogP contribution in [0.15, 0.2) is 53.3 Å². The molecular formula is C22H23N7O2. The van der Waals surface area contributed by atoms with E-state index in [1.165, 1.54) is 4.68 Å². The quantitative estimate of drug-likeness (QED) is 0.463. The van der Waals surface area contributed by atoms with E-state index in [9.17, 15) is 9.59 Å². The third kappa shape index (κ3) is 4.20. The van der Waals surface area contributed by atoms with Gasteiger partial charge in [-0.25, -0.2) is 9.36 Å². The summed E-state index contributed by atoms with van der Waals surface area (Å²) in [6.45, 7) is 2.58. The first-order valence-corrected chi connectivity index (χ1v) is 10.2. The van der Waals surface area contributed by atoms with Gasteiger partial charge in [0.1, 0.15) is 0 Å². The lowest BCUT2D eigenvalue weighted by atomic mass is 10.1. The molecule has 9 heteroatoms.